The molecule has 3 aromatic carbocycles. The van der Waals surface area contributed by atoms with Gasteiger partial charge in [-0.3, -0.25) is 14.4 Å². The topological polar surface area (TPSA) is 87.3 Å². The van der Waals surface area contributed by atoms with E-state index >= 15 is 0 Å². The first-order valence-electron chi connectivity index (χ1n) is 9.59. The average molecular weight is 401 g/mol. The summed E-state index contributed by atoms with van der Waals surface area (Å²) in [6.45, 7) is 0. The van der Waals surface area contributed by atoms with Crippen LogP contribution in [0.2, 0.25) is 0 Å². The van der Waals surface area contributed by atoms with Crippen LogP contribution in [0.25, 0.3) is 0 Å². The predicted octanol–water partition coefficient (Wildman–Crippen LogP) is 3.55. The van der Waals surface area contributed by atoms with Crippen LogP contribution in [0.1, 0.15) is 38.7 Å². The molecule has 6 nitrogen and oxygen atoms in total. The van der Waals surface area contributed by atoms with Gasteiger partial charge >= 0.3 is 0 Å². The molecule has 30 heavy (non-hydrogen) atoms. The van der Waals surface area contributed by atoms with Crippen molar-refractivity contribution in [3.05, 3.63) is 102 Å². The Morgan fingerprint density at radius 1 is 0.733 bits per heavy atom. The van der Waals surface area contributed by atoms with Crippen molar-refractivity contribution >= 4 is 23.4 Å². The van der Waals surface area contributed by atoms with Crippen LogP contribution in [-0.2, 0) is 4.79 Å². The second-order valence-electron chi connectivity index (χ2n) is 6.71. The summed E-state index contributed by atoms with van der Waals surface area (Å²) in [5.41, 5.74) is 2.46. The molecular formula is C24H23N3O3. The number of hydrogen-bond acceptors (Lipinski definition) is 3. The smallest absolute Gasteiger partial charge is 0.251 e. The highest BCUT2D eigenvalue weighted by molar-refractivity contribution is 5.97. The monoisotopic (exact) mass is 401 g/mol. The minimum atomic E-state index is -0.482. The molecule has 152 valence electrons. The van der Waals surface area contributed by atoms with E-state index in [0.717, 1.165) is 5.56 Å². The number of carbonyl (C=O) groups is 3. The number of carbonyl (C=O) groups excluding carboxylic acids is 3. The summed E-state index contributed by atoms with van der Waals surface area (Å²) in [5.74, 6) is -0.683. The highest BCUT2D eigenvalue weighted by Crippen LogP contribution is 2.19. The first-order valence-corrected chi connectivity index (χ1v) is 9.59. The molecule has 0 bridgehead atoms. The van der Waals surface area contributed by atoms with Gasteiger partial charge in [-0.25, -0.2) is 0 Å². The fourth-order valence-electron chi connectivity index (χ4n) is 3.02. The minimum absolute atomic E-state index is 0.0692. The van der Waals surface area contributed by atoms with Gasteiger partial charge in [-0.15, -0.1) is 0 Å². The fraction of sp³-hybridized carbons (Fsp3) is 0.125. The zero-order valence-corrected chi connectivity index (χ0v) is 16.6. The molecule has 0 aliphatic rings. The molecule has 0 fully saturated rings. The molecule has 0 aliphatic carbocycles. The molecule has 6 heteroatoms. The Balaban J connectivity index is 1.70. The standard InChI is InChI=1S/C24H23N3O3/c1-25-23(29)19-12-14-20(15-13-19)26-22(28)16-21(17-8-4-2-5-9-17)27-24(30)18-10-6-3-7-11-18/h2-15,21H,16H2,1H3,(H,25,29)(H,26,28)(H,27,30)/t21-/m0/s1. The Morgan fingerprint density at radius 2 is 1.30 bits per heavy atom. The van der Waals surface area contributed by atoms with Gasteiger partial charge in [-0.1, -0.05) is 48.5 Å². The quantitative estimate of drug-likeness (QED) is 0.566. The first-order chi connectivity index (χ1) is 14.6. The summed E-state index contributed by atoms with van der Waals surface area (Å²) in [6, 6.07) is 24.4. The van der Waals surface area contributed by atoms with E-state index in [4.69, 9.17) is 0 Å². The molecule has 0 spiro atoms. The van der Waals surface area contributed by atoms with Crippen LogP contribution < -0.4 is 16.0 Å². The van der Waals surface area contributed by atoms with Gasteiger partial charge in [-0.2, -0.15) is 0 Å². The van der Waals surface area contributed by atoms with Crippen LogP contribution in [0.15, 0.2) is 84.9 Å². The molecule has 3 rings (SSSR count). The van der Waals surface area contributed by atoms with Crippen LogP contribution in [0.3, 0.4) is 0 Å². The van der Waals surface area contributed by atoms with Crippen LogP contribution in [-0.4, -0.2) is 24.8 Å². The van der Waals surface area contributed by atoms with E-state index in [1.165, 1.54) is 0 Å². The largest absolute Gasteiger partial charge is 0.355 e. The third-order valence-electron chi connectivity index (χ3n) is 4.59. The Bertz CT molecular complexity index is 1000. The normalized spacial score (nSPS) is 11.2. The molecular weight excluding hydrogens is 378 g/mol. The zero-order chi connectivity index (χ0) is 21.3. The zero-order valence-electron chi connectivity index (χ0n) is 16.6. The molecule has 1 atom stereocenters. The molecule has 0 aromatic heterocycles. The summed E-state index contributed by atoms with van der Waals surface area (Å²) in [6.07, 6.45) is 0.0692. The molecule has 3 amide bonds. The van der Waals surface area contributed by atoms with Gasteiger partial charge in [0.1, 0.15) is 0 Å². The Hall–Kier alpha value is -3.93. The van der Waals surface area contributed by atoms with Crippen molar-refractivity contribution < 1.29 is 14.4 Å². The second kappa shape index (κ2) is 10.0. The average Bonchev–Trinajstić information content (AvgIpc) is 2.79. The first kappa shape index (κ1) is 20.8. The SMILES string of the molecule is CNC(=O)c1ccc(NC(=O)C[C@H](NC(=O)c2ccccc2)c2ccccc2)cc1. The number of anilines is 1. The van der Waals surface area contributed by atoms with E-state index < -0.39 is 6.04 Å². The van der Waals surface area contributed by atoms with Gasteiger partial charge in [0.25, 0.3) is 11.8 Å². The van der Waals surface area contributed by atoms with Crippen molar-refractivity contribution in [1.29, 1.82) is 0 Å². The van der Waals surface area contributed by atoms with Crippen LogP contribution in [0, 0.1) is 0 Å². The molecule has 0 unspecified atom stereocenters. The minimum Gasteiger partial charge on any atom is -0.355 e. The maximum Gasteiger partial charge on any atom is 0.251 e. The summed E-state index contributed by atoms with van der Waals surface area (Å²) in [4.78, 5) is 36.9. The van der Waals surface area contributed by atoms with Gasteiger partial charge in [0.2, 0.25) is 5.91 Å². The van der Waals surface area contributed by atoms with Gasteiger partial charge in [0, 0.05) is 23.9 Å². The Morgan fingerprint density at radius 3 is 1.90 bits per heavy atom. The third kappa shape index (κ3) is 5.54. The summed E-state index contributed by atoms with van der Waals surface area (Å²) >= 11 is 0. The van der Waals surface area contributed by atoms with Crippen molar-refractivity contribution in [2.24, 2.45) is 0 Å². The summed E-state index contributed by atoms with van der Waals surface area (Å²) in [7, 11) is 1.56. The van der Waals surface area contributed by atoms with E-state index in [0.29, 0.717) is 16.8 Å². The van der Waals surface area contributed by atoms with Crippen molar-refractivity contribution in [3.8, 4) is 0 Å². The fourth-order valence-corrected chi connectivity index (χ4v) is 3.02. The van der Waals surface area contributed by atoms with E-state index in [1.807, 2.05) is 36.4 Å². The second-order valence-corrected chi connectivity index (χ2v) is 6.71. The van der Waals surface area contributed by atoms with Crippen LogP contribution in [0.4, 0.5) is 5.69 Å². The lowest BCUT2D eigenvalue weighted by molar-refractivity contribution is -0.116. The summed E-state index contributed by atoms with van der Waals surface area (Å²) < 4.78 is 0. The lowest BCUT2D eigenvalue weighted by Crippen LogP contribution is -2.31. The van der Waals surface area contributed by atoms with Crippen LogP contribution >= 0.6 is 0 Å². The molecule has 3 N–H and O–H groups in total. The van der Waals surface area contributed by atoms with Crippen molar-refractivity contribution in [1.82, 2.24) is 10.6 Å². The van der Waals surface area contributed by atoms with Crippen LogP contribution in [0.5, 0.6) is 0 Å². The third-order valence-corrected chi connectivity index (χ3v) is 4.59. The van der Waals surface area contributed by atoms with E-state index in [2.05, 4.69) is 16.0 Å². The Kier molecular flexibility index (Phi) is 6.95. The van der Waals surface area contributed by atoms with E-state index in [9.17, 15) is 14.4 Å². The molecule has 3 aromatic rings. The summed E-state index contributed by atoms with van der Waals surface area (Å²) in [5, 5.41) is 8.31. The molecule has 0 saturated heterocycles. The van der Waals surface area contributed by atoms with E-state index in [-0.39, 0.29) is 24.1 Å². The van der Waals surface area contributed by atoms with Gasteiger partial charge in [-0.05, 0) is 42.0 Å². The van der Waals surface area contributed by atoms with Crippen molar-refractivity contribution in [2.45, 2.75) is 12.5 Å². The highest BCUT2D eigenvalue weighted by atomic mass is 16.2. The van der Waals surface area contributed by atoms with E-state index in [1.54, 1.807) is 55.6 Å². The van der Waals surface area contributed by atoms with Gasteiger partial charge in [0.05, 0.1) is 12.5 Å². The maximum atomic E-state index is 12.6. The number of amides is 3. The Labute approximate surface area is 175 Å². The lowest BCUT2D eigenvalue weighted by atomic mass is 10.0. The number of rotatable bonds is 7. The number of nitrogens with one attached hydrogen (secondary N) is 3. The number of hydrogen-bond donors (Lipinski definition) is 3. The molecule has 0 radical (unpaired) electrons. The van der Waals surface area contributed by atoms with Gasteiger partial charge < -0.3 is 16.0 Å². The van der Waals surface area contributed by atoms with Gasteiger partial charge in [0.15, 0.2) is 0 Å². The molecule has 0 saturated carbocycles. The van der Waals surface area contributed by atoms with Crippen molar-refractivity contribution in [2.75, 3.05) is 12.4 Å². The predicted molar refractivity (Wildman–Crippen MR) is 116 cm³/mol. The highest BCUT2D eigenvalue weighted by Gasteiger charge is 2.19. The van der Waals surface area contributed by atoms with Crippen molar-refractivity contribution in [3.63, 3.8) is 0 Å². The lowest BCUT2D eigenvalue weighted by Gasteiger charge is -2.19. The molecule has 0 heterocycles. The maximum absolute atomic E-state index is 12.6. The number of benzene rings is 3. The molecule has 0 aliphatic heterocycles.